The van der Waals surface area contributed by atoms with E-state index in [1.807, 2.05) is 0 Å². The molecule has 2 aliphatic rings. The molecule has 2 saturated heterocycles. The highest BCUT2D eigenvalue weighted by Gasteiger charge is 2.35. The van der Waals surface area contributed by atoms with Crippen molar-refractivity contribution in [3.63, 3.8) is 0 Å². The standard InChI is InChI=1S/C14H29N3/c1-4-14(6-7-15-11-14)12-17-9-5-8-16(3)10-13(17)2/h13,15H,4-12H2,1-3H3. The highest BCUT2D eigenvalue weighted by atomic mass is 15.2. The molecule has 2 unspecified atom stereocenters. The lowest BCUT2D eigenvalue weighted by Crippen LogP contribution is -2.45. The maximum atomic E-state index is 3.56. The highest BCUT2D eigenvalue weighted by molar-refractivity contribution is 4.91. The Labute approximate surface area is 107 Å². The molecule has 1 N–H and O–H groups in total. The van der Waals surface area contributed by atoms with Gasteiger partial charge in [-0.05, 0) is 58.3 Å². The number of rotatable bonds is 3. The molecule has 2 aliphatic heterocycles. The molecule has 0 aromatic rings. The third kappa shape index (κ3) is 3.21. The van der Waals surface area contributed by atoms with Gasteiger partial charge in [0.2, 0.25) is 0 Å². The van der Waals surface area contributed by atoms with Crippen LogP contribution >= 0.6 is 0 Å². The van der Waals surface area contributed by atoms with Gasteiger partial charge in [-0.3, -0.25) is 4.90 Å². The lowest BCUT2D eigenvalue weighted by Gasteiger charge is -2.37. The maximum absolute atomic E-state index is 3.56. The van der Waals surface area contributed by atoms with Crippen molar-refractivity contribution in [2.75, 3.05) is 46.3 Å². The van der Waals surface area contributed by atoms with E-state index < -0.39 is 0 Å². The molecule has 17 heavy (non-hydrogen) atoms. The summed E-state index contributed by atoms with van der Waals surface area (Å²) in [5.41, 5.74) is 0.553. The third-order valence-corrected chi connectivity index (χ3v) is 4.81. The summed E-state index contributed by atoms with van der Waals surface area (Å²) in [5.74, 6) is 0. The Balaban J connectivity index is 1.96. The second kappa shape index (κ2) is 5.68. The maximum Gasteiger partial charge on any atom is 0.0195 e. The van der Waals surface area contributed by atoms with Crippen molar-refractivity contribution in [3.8, 4) is 0 Å². The van der Waals surface area contributed by atoms with Crippen LogP contribution in [0.5, 0.6) is 0 Å². The molecule has 2 heterocycles. The molecule has 0 spiro atoms. The number of nitrogens with one attached hydrogen (secondary N) is 1. The molecule has 0 aromatic heterocycles. The van der Waals surface area contributed by atoms with Crippen molar-refractivity contribution in [2.45, 2.75) is 39.2 Å². The topological polar surface area (TPSA) is 18.5 Å². The van der Waals surface area contributed by atoms with Crippen molar-refractivity contribution >= 4 is 0 Å². The number of hydrogen-bond donors (Lipinski definition) is 1. The van der Waals surface area contributed by atoms with Crippen LogP contribution in [0.2, 0.25) is 0 Å². The second-order valence-corrected chi connectivity index (χ2v) is 6.22. The average molecular weight is 239 g/mol. The fourth-order valence-electron chi connectivity index (χ4n) is 3.43. The van der Waals surface area contributed by atoms with Crippen molar-refractivity contribution in [3.05, 3.63) is 0 Å². The van der Waals surface area contributed by atoms with Crippen LogP contribution in [-0.2, 0) is 0 Å². The van der Waals surface area contributed by atoms with Crippen LogP contribution in [0, 0.1) is 5.41 Å². The van der Waals surface area contributed by atoms with Crippen molar-refractivity contribution < 1.29 is 0 Å². The molecule has 100 valence electrons. The second-order valence-electron chi connectivity index (χ2n) is 6.22. The molecule has 2 fully saturated rings. The monoisotopic (exact) mass is 239 g/mol. The van der Waals surface area contributed by atoms with Gasteiger partial charge >= 0.3 is 0 Å². The summed E-state index contributed by atoms with van der Waals surface area (Å²) >= 11 is 0. The van der Waals surface area contributed by atoms with Gasteiger partial charge in [-0.1, -0.05) is 6.92 Å². The molecule has 0 amide bonds. The van der Waals surface area contributed by atoms with Crippen LogP contribution < -0.4 is 5.32 Å². The minimum absolute atomic E-state index is 0.553. The van der Waals surface area contributed by atoms with E-state index in [1.54, 1.807) is 0 Å². The Morgan fingerprint density at radius 2 is 2.18 bits per heavy atom. The van der Waals surface area contributed by atoms with Crippen LogP contribution in [0.25, 0.3) is 0 Å². The van der Waals surface area contributed by atoms with Gasteiger partial charge in [0.25, 0.3) is 0 Å². The molecule has 0 saturated carbocycles. The predicted octanol–water partition coefficient (Wildman–Crippen LogP) is 1.40. The van der Waals surface area contributed by atoms with E-state index in [0.717, 1.165) is 0 Å². The van der Waals surface area contributed by atoms with Crippen LogP contribution in [-0.4, -0.2) is 62.2 Å². The Morgan fingerprint density at radius 1 is 1.35 bits per heavy atom. The fraction of sp³-hybridized carbons (Fsp3) is 1.00. The van der Waals surface area contributed by atoms with Gasteiger partial charge in [-0.15, -0.1) is 0 Å². The summed E-state index contributed by atoms with van der Waals surface area (Å²) in [5, 5.41) is 3.56. The first kappa shape index (κ1) is 13.3. The van der Waals surface area contributed by atoms with E-state index in [9.17, 15) is 0 Å². The van der Waals surface area contributed by atoms with Gasteiger partial charge in [0.15, 0.2) is 0 Å². The third-order valence-electron chi connectivity index (χ3n) is 4.81. The summed E-state index contributed by atoms with van der Waals surface area (Å²) < 4.78 is 0. The van der Waals surface area contributed by atoms with Crippen LogP contribution in [0.3, 0.4) is 0 Å². The summed E-state index contributed by atoms with van der Waals surface area (Å²) in [6, 6.07) is 0.714. The Bertz CT molecular complexity index is 236. The highest BCUT2D eigenvalue weighted by Crippen LogP contribution is 2.31. The lowest BCUT2D eigenvalue weighted by molar-refractivity contribution is 0.122. The molecule has 2 atom stereocenters. The first-order chi connectivity index (χ1) is 8.15. The Morgan fingerprint density at radius 3 is 2.82 bits per heavy atom. The van der Waals surface area contributed by atoms with E-state index in [2.05, 4.69) is 36.0 Å². The zero-order valence-electron chi connectivity index (χ0n) is 11.8. The van der Waals surface area contributed by atoms with E-state index in [1.165, 1.54) is 58.5 Å². The van der Waals surface area contributed by atoms with Gasteiger partial charge < -0.3 is 10.2 Å². The summed E-state index contributed by atoms with van der Waals surface area (Å²) in [4.78, 5) is 5.22. The molecular formula is C14H29N3. The number of hydrogen-bond acceptors (Lipinski definition) is 3. The Hall–Kier alpha value is -0.120. The summed E-state index contributed by atoms with van der Waals surface area (Å²) in [6.07, 6.45) is 4.01. The fourth-order valence-corrected chi connectivity index (χ4v) is 3.43. The zero-order valence-corrected chi connectivity index (χ0v) is 11.8. The SMILES string of the molecule is CCC1(CN2CCCN(C)CC2C)CCNC1. The van der Waals surface area contributed by atoms with Gasteiger partial charge in [0.1, 0.15) is 0 Å². The molecule has 2 rings (SSSR count). The molecule has 0 aromatic carbocycles. The van der Waals surface area contributed by atoms with Crippen LogP contribution in [0.15, 0.2) is 0 Å². The van der Waals surface area contributed by atoms with Crippen molar-refractivity contribution in [1.82, 2.24) is 15.1 Å². The minimum Gasteiger partial charge on any atom is -0.316 e. The van der Waals surface area contributed by atoms with Gasteiger partial charge in [0.05, 0.1) is 0 Å². The molecule has 0 aliphatic carbocycles. The largest absolute Gasteiger partial charge is 0.316 e. The number of likely N-dealkylation sites (N-methyl/N-ethyl adjacent to an activating group) is 1. The lowest BCUT2D eigenvalue weighted by atomic mass is 9.83. The van der Waals surface area contributed by atoms with E-state index in [-0.39, 0.29) is 0 Å². The van der Waals surface area contributed by atoms with Crippen molar-refractivity contribution in [2.24, 2.45) is 5.41 Å². The Kier molecular flexibility index (Phi) is 4.45. The van der Waals surface area contributed by atoms with Gasteiger partial charge in [0, 0.05) is 25.7 Å². The summed E-state index contributed by atoms with van der Waals surface area (Å²) in [7, 11) is 2.26. The van der Waals surface area contributed by atoms with Crippen LogP contribution in [0.1, 0.15) is 33.1 Å². The average Bonchev–Trinajstić information content (AvgIpc) is 2.70. The molecule has 0 radical (unpaired) electrons. The quantitative estimate of drug-likeness (QED) is 0.803. The molecule has 3 heteroatoms. The summed E-state index contributed by atoms with van der Waals surface area (Å²) in [6.45, 7) is 12.3. The molecule has 0 bridgehead atoms. The predicted molar refractivity (Wildman–Crippen MR) is 73.4 cm³/mol. The van der Waals surface area contributed by atoms with Gasteiger partial charge in [-0.25, -0.2) is 0 Å². The van der Waals surface area contributed by atoms with Gasteiger partial charge in [-0.2, -0.15) is 0 Å². The first-order valence-corrected chi connectivity index (χ1v) is 7.28. The smallest absolute Gasteiger partial charge is 0.0195 e. The zero-order chi connectivity index (χ0) is 12.3. The molecule has 3 nitrogen and oxygen atoms in total. The van der Waals surface area contributed by atoms with E-state index in [0.29, 0.717) is 11.5 Å². The van der Waals surface area contributed by atoms with Crippen molar-refractivity contribution in [1.29, 1.82) is 0 Å². The number of nitrogens with zero attached hydrogens (tertiary/aromatic N) is 2. The van der Waals surface area contributed by atoms with E-state index in [4.69, 9.17) is 0 Å². The minimum atomic E-state index is 0.553. The van der Waals surface area contributed by atoms with E-state index >= 15 is 0 Å². The molecular weight excluding hydrogens is 210 g/mol. The van der Waals surface area contributed by atoms with Crippen LogP contribution in [0.4, 0.5) is 0 Å². The first-order valence-electron chi connectivity index (χ1n) is 7.28. The normalized spacial score (nSPS) is 37.2.